The number of nitrogens with two attached hydrogens (primary N) is 1. The van der Waals surface area contributed by atoms with E-state index in [0.717, 1.165) is 30.6 Å². The highest BCUT2D eigenvalue weighted by Crippen LogP contribution is 2.29. The quantitative estimate of drug-likeness (QED) is 0.901. The first-order valence-electron chi connectivity index (χ1n) is 7.78. The molecule has 0 fully saturated rings. The van der Waals surface area contributed by atoms with Gasteiger partial charge in [-0.25, -0.2) is 0 Å². The Bertz CT molecular complexity index is 698. The summed E-state index contributed by atoms with van der Waals surface area (Å²) in [4.78, 5) is 12.5. The number of halogens is 1. The fourth-order valence-electron chi connectivity index (χ4n) is 3.10. The van der Waals surface area contributed by atoms with E-state index >= 15 is 0 Å². The number of aromatic nitrogens is 2. The number of amides is 1. The third-order valence-corrected chi connectivity index (χ3v) is 4.25. The van der Waals surface area contributed by atoms with Gasteiger partial charge in [-0.15, -0.1) is 12.4 Å². The van der Waals surface area contributed by atoms with Crippen LogP contribution >= 0.6 is 12.4 Å². The van der Waals surface area contributed by atoms with Crippen LogP contribution < -0.4 is 11.1 Å². The maximum absolute atomic E-state index is 12.5. The van der Waals surface area contributed by atoms with E-state index in [1.807, 2.05) is 36.0 Å². The summed E-state index contributed by atoms with van der Waals surface area (Å²) < 4.78 is 1.83. The first kappa shape index (κ1) is 17.5. The van der Waals surface area contributed by atoms with Crippen molar-refractivity contribution < 1.29 is 4.79 Å². The fraction of sp³-hybridized carbons (Fsp3) is 0.412. The predicted octanol–water partition coefficient (Wildman–Crippen LogP) is 2.38. The van der Waals surface area contributed by atoms with Crippen LogP contribution in [0.2, 0.25) is 0 Å². The van der Waals surface area contributed by atoms with Crippen LogP contribution in [0.3, 0.4) is 0 Å². The van der Waals surface area contributed by atoms with Crippen molar-refractivity contribution >= 4 is 18.3 Å². The molecule has 0 saturated heterocycles. The van der Waals surface area contributed by atoms with Gasteiger partial charge in [0.05, 0.1) is 23.3 Å². The van der Waals surface area contributed by atoms with Gasteiger partial charge in [0.25, 0.3) is 5.91 Å². The molecule has 1 aromatic heterocycles. The zero-order valence-corrected chi connectivity index (χ0v) is 14.3. The molecular formula is C17H23ClN4O. The van der Waals surface area contributed by atoms with Crippen molar-refractivity contribution in [3.63, 3.8) is 0 Å². The van der Waals surface area contributed by atoms with Crippen LogP contribution in [-0.2, 0) is 13.0 Å². The molecular weight excluding hydrogens is 312 g/mol. The molecule has 0 unspecified atom stereocenters. The number of carbonyl (C=O) groups is 1. The van der Waals surface area contributed by atoms with E-state index in [1.54, 1.807) is 0 Å². The number of hydrogen-bond donors (Lipinski definition) is 2. The van der Waals surface area contributed by atoms with E-state index in [2.05, 4.69) is 23.4 Å². The van der Waals surface area contributed by atoms with Crippen LogP contribution in [-0.4, -0.2) is 21.7 Å². The average Bonchev–Trinajstić information content (AvgIpc) is 3.01. The summed E-state index contributed by atoms with van der Waals surface area (Å²) in [5.41, 5.74) is 10.0. The average molecular weight is 335 g/mol. The molecule has 1 aliphatic rings. The van der Waals surface area contributed by atoms with Gasteiger partial charge in [0.1, 0.15) is 0 Å². The molecule has 0 aliphatic heterocycles. The van der Waals surface area contributed by atoms with Crippen molar-refractivity contribution in [1.29, 1.82) is 0 Å². The Hall–Kier alpha value is -1.85. The zero-order valence-electron chi connectivity index (χ0n) is 13.5. The van der Waals surface area contributed by atoms with Gasteiger partial charge >= 0.3 is 0 Å². The Labute approximate surface area is 142 Å². The Balaban J connectivity index is 0.00000192. The number of nitrogens with zero attached hydrogens (tertiary/aromatic N) is 2. The largest absolute Gasteiger partial charge is 0.347 e. The number of carbonyl (C=O) groups excluding carboxylic acids is 1. The molecule has 3 rings (SSSR count). The summed E-state index contributed by atoms with van der Waals surface area (Å²) in [6.07, 6.45) is 3.60. The highest BCUT2D eigenvalue weighted by molar-refractivity contribution is 5.95. The lowest BCUT2D eigenvalue weighted by molar-refractivity contribution is 0.0932. The van der Waals surface area contributed by atoms with E-state index in [4.69, 9.17) is 5.73 Å². The van der Waals surface area contributed by atoms with Crippen molar-refractivity contribution in [2.75, 3.05) is 0 Å². The summed E-state index contributed by atoms with van der Waals surface area (Å²) in [6.45, 7) is 4.78. The van der Waals surface area contributed by atoms with Crippen LogP contribution in [0.1, 0.15) is 46.6 Å². The number of rotatable bonds is 4. The molecule has 2 aromatic rings. The van der Waals surface area contributed by atoms with E-state index in [1.165, 1.54) is 5.56 Å². The van der Waals surface area contributed by atoms with Crippen molar-refractivity contribution in [3.8, 4) is 0 Å². The molecule has 2 atom stereocenters. The Morgan fingerprint density at radius 1 is 1.43 bits per heavy atom. The SMILES string of the molecule is CCCn1cc(C(=O)N[C@H]2Cc3ccccc3[C@@H]2N)c(C)n1.Cl. The second-order valence-corrected chi connectivity index (χ2v) is 5.90. The van der Waals surface area contributed by atoms with Crippen LogP contribution in [0.15, 0.2) is 30.5 Å². The van der Waals surface area contributed by atoms with Gasteiger partial charge in [-0.05, 0) is 30.9 Å². The van der Waals surface area contributed by atoms with E-state index in [0.29, 0.717) is 5.56 Å². The third kappa shape index (κ3) is 3.41. The molecule has 0 radical (unpaired) electrons. The van der Waals surface area contributed by atoms with E-state index in [-0.39, 0.29) is 30.4 Å². The minimum Gasteiger partial charge on any atom is -0.347 e. The van der Waals surface area contributed by atoms with Crippen molar-refractivity contribution in [3.05, 3.63) is 52.8 Å². The molecule has 0 bridgehead atoms. The topological polar surface area (TPSA) is 72.9 Å². The van der Waals surface area contributed by atoms with Crippen LogP contribution in [0.25, 0.3) is 0 Å². The monoisotopic (exact) mass is 334 g/mol. The first-order chi connectivity index (χ1) is 10.6. The normalized spacial score (nSPS) is 19.1. The second-order valence-electron chi connectivity index (χ2n) is 5.90. The fourth-order valence-corrected chi connectivity index (χ4v) is 3.10. The van der Waals surface area contributed by atoms with Gasteiger partial charge in [0.2, 0.25) is 0 Å². The minimum absolute atomic E-state index is 0. The lowest BCUT2D eigenvalue weighted by Crippen LogP contribution is -2.40. The number of aryl methyl sites for hydroxylation is 2. The summed E-state index contributed by atoms with van der Waals surface area (Å²) in [5, 5.41) is 7.45. The zero-order chi connectivity index (χ0) is 15.7. The molecule has 0 spiro atoms. The standard InChI is InChI=1S/C17H22N4O.ClH/c1-3-8-21-10-14(11(2)20-21)17(22)19-15-9-12-6-4-5-7-13(12)16(15)18;/h4-7,10,15-16H,3,8-9,18H2,1-2H3,(H,19,22);1H/t15-,16-;/m0./s1. The van der Waals surface area contributed by atoms with Gasteiger partial charge in [-0.1, -0.05) is 31.2 Å². The molecule has 0 saturated carbocycles. The van der Waals surface area contributed by atoms with Gasteiger partial charge in [-0.2, -0.15) is 5.10 Å². The summed E-state index contributed by atoms with van der Waals surface area (Å²) in [5.74, 6) is -0.0897. The molecule has 5 nitrogen and oxygen atoms in total. The number of fused-ring (bicyclic) bond motifs is 1. The van der Waals surface area contributed by atoms with Gasteiger partial charge in [0.15, 0.2) is 0 Å². The lowest BCUT2D eigenvalue weighted by atomic mass is 10.1. The van der Waals surface area contributed by atoms with Crippen molar-refractivity contribution in [1.82, 2.24) is 15.1 Å². The molecule has 124 valence electrons. The lowest BCUT2D eigenvalue weighted by Gasteiger charge is -2.17. The first-order valence-corrected chi connectivity index (χ1v) is 7.78. The van der Waals surface area contributed by atoms with Crippen molar-refractivity contribution in [2.45, 2.75) is 45.3 Å². The maximum Gasteiger partial charge on any atom is 0.255 e. The maximum atomic E-state index is 12.5. The molecule has 1 amide bonds. The Kier molecular flexibility index (Phi) is 5.44. The summed E-state index contributed by atoms with van der Waals surface area (Å²) >= 11 is 0. The molecule has 1 aromatic carbocycles. The van der Waals surface area contributed by atoms with Gasteiger partial charge < -0.3 is 11.1 Å². The number of benzene rings is 1. The predicted molar refractivity (Wildman–Crippen MR) is 92.8 cm³/mol. The number of hydrogen-bond acceptors (Lipinski definition) is 3. The van der Waals surface area contributed by atoms with Crippen LogP contribution in [0, 0.1) is 6.92 Å². The van der Waals surface area contributed by atoms with Crippen molar-refractivity contribution in [2.24, 2.45) is 5.73 Å². The van der Waals surface area contributed by atoms with E-state index in [9.17, 15) is 4.79 Å². The molecule has 1 heterocycles. The smallest absolute Gasteiger partial charge is 0.255 e. The third-order valence-electron chi connectivity index (χ3n) is 4.25. The molecule has 6 heteroatoms. The van der Waals surface area contributed by atoms with Crippen LogP contribution in [0.4, 0.5) is 0 Å². The van der Waals surface area contributed by atoms with E-state index < -0.39 is 0 Å². The Morgan fingerprint density at radius 2 is 2.17 bits per heavy atom. The molecule has 3 N–H and O–H groups in total. The van der Waals surface area contributed by atoms with Gasteiger partial charge in [-0.3, -0.25) is 9.48 Å². The van der Waals surface area contributed by atoms with Crippen LogP contribution in [0.5, 0.6) is 0 Å². The van der Waals surface area contributed by atoms with Gasteiger partial charge in [0, 0.05) is 12.7 Å². The highest BCUT2D eigenvalue weighted by Gasteiger charge is 2.31. The molecule has 1 aliphatic carbocycles. The minimum atomic E-state index is -0.147. The number of nitrogens with one attached hydrogen (secondary N) is 1. The summed E-state index contributed by atoms with van der Waals surface area (Å²) in [6, 6.07) is 7.91. The highest BCUT2D eigenvalue weighted by atomic mass is 35.5. The Morgan fingerprint density at radius 3 is 2.87 bits per heavy atom. The second kappa shape index (κ2) is 7.15. The molecule has 23 heavy (non-hydrogen) atoms. The summed E-state index contributed by atoms with van der Waals surface area (Å²) in [7, 11) is 0.